The number of para-hydroxylation sites is 1. The van der Waals surface area contributed by atoms with E-state index in [1.54, 1.807) is 4.90 Å². The van der Waals surface area contributed by atoms with Gasteiger partial charge in [0.15, 0.2) is 6.61 Å². The zero-order valence-corrected chi connectivity index (χ0v) is 17.4. The summed E-state index contributed by atoms with van der Waals surface area (Å²) in [6.45, 7) is 8.22. The molecule has 2 amide bonds. The Labute approximate surface area is 167 Å². The van der Waals surface area contributed by atoms with Gasteiger partial charge in [0.25, 0.3) is 5.91 Å². The summed E-state index contributed by atoms with van der Waals surface area (Å²) in [5.74, 6) is -1.09. The normalized spacial score (nSPS) is 17.7. The fraction of sp³-hybridized carbons (Fsp3) is 0.591. The van der Waals surface area contributed by atoms with Gasteiger partial charge in [-0.15, -0.1) is 0 Å². The first-order valence-electron chi connectivity index (χ1n) is 10.3. The number of amides is 2. The number of nitrogens with zero attached hydrogens (tertiary/aromatic N) is 1. The first kappa shape index (κ1) is 21.9. The van der Waals surface area contributed by atoms with Crippen molar-refractivity contribution in [3.05, 3.63) is 29.8 Å². The summed E-state index contributed by atoms with van der Waals surface area (Å²) in [6.07, 6.45) is 2.74. The van der Waals surface area contributed by atoms with E-state index in [-0.39, 0.29) is 30.9 Å². The van der Waals surface area contributed by atoms with Crippen LogP contribution in [0.5, 0.6) is 0 Å². The molecule has 1 N–H and O–H groups in total. The molecule has 0 aliphatic carbocycles. The number of benzene rings is 1. The second-order valence-corrected chi connectivity index (χ2v) is 7.46. The van der Waals surface area contributed by atoms with Gasteiger partial charge in [-0.25, -0.2) is 0 Å². The van der Waals surface area contributed by atoms with Crippen LogP contribution >= 0.6 is 0 Å². The minimum absolute atomic E-state index is 0.0841. The quantitative estimate of drug-likeness (QED) is 0.658. The van der Waals surface area contributed by atoms with Gasteiger partial charge in [-0.05, 0) is 36.8 Å². The van der Waals surface area contributed by atoms with E-state index in [2.05, 4.69) is 19.2 Å². The lowest BCUT2D eigenvalue weighted by molar-refractivity contribution is -0.152. The van der Waals surface area contributed by atoms with Crippen LogP contribution in [-0.2, 0) is 19.1 Å². The van der Waals surface area contributed by atoms with Gasteiger partial charge in [0.1, 0.15) is 0 Å². The fourth-order valence-electron chi connectivity index (χ4n) is 3.48. The number of carbonyl (C=O) groups is 3. The smallest absolute Gasteiger partial charge is 0.311 e. The average molecular weight is 389 g/mol. The van der Waals surface area contributed by atoms with Crippen LogP contribution in [0.3, 0.4) is 0 Å². The lowest BCUT2D eigenvalue weighted by Crippen LogP contribution is -2.37. The van der Waals surface area contributed by atoms with E-state index in [1.807, 2.05) is 38.1 Å². The standard InChI is InChI=1S/C22H32N2O4/c1-5-15(4)18-10-8-9-11-19(18)24-13-16(12-21(24)26)22(27)28-14-20(25)23-17(6-2)7-3/h8-11,15-17H,5-7,12-14H2,1-4H3,(H,23,25)/t15-,16+/m1/s1. The Balaban J connectivity index is 1.97. The maximum atomic E-state index is 12.6. The Morgan fingerprint density at radius 1 is 1.18 bits per heavy atom. The Hall–Kier alpha value is -2.37. The number of anilines is 1. The van der Waals surface area contributed by atoms with Gasteiger partial charge in [-0.2, -0.15) is 0 Å². The molecule has 28 heavy (non-hydrogen) atoms. The predicted octanol–water partition coefficient (Wildman–Crippen LogP) is 3.40. The monoisotopic (exact) mass is 388 g/mol. The van der Waals surface area contributed by atoms with Gasteiger partial charge in [0.05, 0.1) is 5.92 Å². The fourth-order valence-corrected chi connectivity index (χ4v) is 3.48. The van der Waals surface area contributed by atoms with Gasteiger partial charge in [0.2, 0.25) is 5.91 Å². The Morgan fingerprint density at radius 3 is 2.50 bits per heavy atom. The summed E-state index contributed by atoms with van der Waals surface area (Å²) in [5.41, 5.74) is 1.97. The molecule has 1 heterocycles. The van der Waals surface area contributed by atoms with Crippen molar-refractivity contribution in [2.45, 2.75) is 65.3 Å². The van der Waals surface area contributed by atoms with E-state index < -0.39 is 11.9 Å². The molecule has 1 aliphatic heterocycles. The first-order chi connectivity index (χ1) is 13.4. The lowest BCUT2D eigenvalue weighted by atomic mass is 9.96. The largest absolute Gasteiger partial charge is 0.455 e. The predicted molar refractivity (Wildman–Crippen MR) is 109 cm³/mol. The molecule has 2 rings (SSSR count). The van der Waals surface area contributed by atoms with E-state index in [9.17, 15) is 14.4 Å². The zero-order chi connectivity index (χ0) is 20.7. The van der Waals surface area contributed by atoms with Crippen molar-refractivity contribution >= 4 is 23.5 Å². The van der Waals surface area contributed by atoms with E-state index >= 15 is 0 Å². The Kier molecular flexibility index (Phi) is 8.03. The molecular formula is C22H32N2O4. The molecular weight excluding hydrogens is 356 g/mol. The third kappa shape index (κ3) is 5.33. The highest BCUT2D eigenvalue weighted by Gasteiger charge is 2.37. The van der Waals surface area contributed by atoms with E-state index in [0.717, 1.165) is 30.5 Å². The van der Waals surface area contributed by atoms with E-state index in [0.29, 0.717) is 12.5 Å². The minimum atomic E-state index is -0.543. The van der Waals surface area contributed by atoms with Crippen LogP contribution in [0.25, 0.3) is 0 Å². The highest BCUT2D eigenvalue weighted by Crippen LogP contribution is 2.33. The second kappa shape index (κ2) is 10.2. The molecule has 2 atom stereocenters. The van der Waals surface area contributed by atoms with Crippen molar-refractivity contribution in [3.63, 3.8) is 0 Å². The van der Waals surface area contributed by atoms with Gasteiger partial charge in [-0.3, -0.25) is 14.4 Å². The number of ether oxygens (including phenoxy) is 1. The molecule has 1 fully saturated rings. The molecule has 1 aromatic rings. The van der Waals surface area contributed by atoms with Gasteiger partial charge in [-0.1, -0.05) is 45.9 Å². The number of esters is 1. The summed E-state index contributed by atoms with van der Waals surface area (Å²) >= 11 is 0. The molecule has 6 nitrogen and oxygen atoms in total. The summed E-state index contributed by atoms with van der Waals surface area (Å²) in [4.78, 5) is 38.5. The number of carbonyl (C=O) groups excluding carboxylic acids is 3. The maximum absolute atomic E-state index is 12.6. The van der Waals surface area contributed by atoms with Crippen LogP contribution in [0.1, 0.15) is 64.9 Å². The molecule has 154 valence electrons. The van der Waals surface area contributed by atoms with Gasteiger partial charge in [0, 0.05) is 24.7 Å². The molecule has 6 heteroatoms. The van der Waals surface area contributed by atoms with Crippen molar-refractivity contribution < 1.29 is 19.1 Å². The van der Waals surface area contributed by atoms with Crippen LogP contribution in [0.2, 0.25) is 0 Å². The SMILES string of the molecule is CCC(CC)NC(=O)COC(=O)[C@H]1CC(=O)N(c2ccccc2[C@H](C)CC)C1. The summed E-state index contributed by atoms with van der Waals surface area (Å²) in [7, 11) is 0. The molecule has 0 bridgehead atoms. The number of hydrogen-bond donors (Lipinski definition) is 1. The van der Waals surface area contributed by atoms with Crippen LogP contribution < -0.4 is 10.2 Å². The van der Waals surface area contributed by atoms with Crippen molar-refractivity contribution in [3.8, 4) is 0 Å². The third-order valence-electron chi connectivity index (χ3n) is 5.53. The van der Waals surface area contributed by atoms with E-state index in [4.69, 9.17) is 4.74 Å². The number of rotatable bonds is 9. The van der Waals surface area contributed by atoms with Crippen molar-refractivity contribution in [2.24, 2.45) is 5.92 Å². The van der Waals surface area contributed by atoms with E-state index in [1.165, 1.54) is 0 Å². The molecule has 0 radical (unpaired) electrons. The van der Waals surface area contributed by atoms with Crippen molar-refractivity contribution in [1.29, 1.82) is 0 Å². The van der Waals surface area contributed by atoms with Crippen LogP contribution in [0, 0.1) is 5.92 Å². The summed E-state index contributed by atoms with van der Waals surface area (Å²) < 4.78 is 5.18. The third-order valence-corrected chi connectivity index (χ3v) is 5.53. The lowest BCUT2D eigenvalue weighted by Gasteiger charge is -2.23. The van der Waals surface area contributed by atoms with Crippen LogP contribution in [0.4, 0.5) is 5.69 Å². The Bertz CT molecular complexity index is 700. The molecule has 1 saturated heterocycles. The van der Waals surface area contributed by atoms with Crippen molar-refractivity contribution in [2.75, 3.05) is 18.1 Å². The first-order valence-corrected chi connectivity index (χ1v) is 10.3. The molecule has 0 unspecified atom stereocenters. The highest BCUT2D eigenvalue weighted by molar-refractivity contribution is 6.00. The van der Waals surface area contributed by atoms with Gasteiger partial charge >= 0.3 is 5.97 Å². The summed E-state index contributed by atoms with van der Waals surface area (Å²) in [6, 6.07) is 7.92. The molecule has 0 spiro atoms. The number of hydrogen-bond acceptors (Lipinski definition) is 4. The average Bonchev–Trinajstić information content (AvgIpc) is 3.11. The highest BCUT2D eigenvalue weighted by atomic mass is 16.5. The molecule has 0 saturated carbocycles. The molecule has 1 aromatic carbocycles. The number of nitrogens with one attached hydrogen (secondary N) is 1. The van der Waals surface area contributed by atoms with Gasteiger partial charge < -0.3 is 15.0 Å². The van der Waals surface area contributed by atoms with Crippen molar-refractivity contribution in [1.82, 2.24) is 5.32 Å². The Morgan fingerprint density at radius 2 is 1.86 bits per heavy atom. The molecule has 1 aliphatic rings. The maximum Gasteiger partial charge on any atom is 0.311 e. The van der Waals surface area contributed by atoms with Crippen LogP contribution in [0.15, 0.2) is 24.3 Å². The topological polar surface area (TPSA) is 75.7 Å². The van der Waals surface area contributed by atoms with Crippen LogP contribution in [-0.4, -0.2) is 37.0 Å². The second-order valence-electron chi connectivity index (χ2n) is 7.46. The summed E-state index contributed by atoms with van der Waals surface area (Å²) in [5, 5.41) is 2.84. The minimum Gasteiger partial charge on any atom is -0.455 e. The molecule has 0 aromatic heterocycles. The zero-order valence-electron chi connectivity index (χ0n) is 17.4.